The number of nitrogens with zero attached hydrogens (tertiary/aromatic N) is 3. The monoisotopic (exact) mass is 353 g/mol. The van der Waals surface area contributed by atoms with Crippen LogP contribution in [0.3, 0.4) is 0 Å². The fourth-order valence-corrected chi connectivity index (χ4v) is 4.40. The van der Waals surface area contributed by atoms with Crippen molar-refractivity contribution in [3.05, 3.63) is 42.1 Å². The Morgan fingerprint density at radius 3 is 3.00 bits per heavy atom. The van der Waals surface area contributed by atoms with Crippen molar-refractivity contribution < 1.29 is 9.53 Å². The van der Waals surface area contributed by atoms with Gasteiger partial charge in [0.25, 0.3) is 5.91 Å². The molecule has 5 heteroatoms. The Balaban J connectivity index is 1.44. The number of amides is 1. The number of rotatable bonds is 4. The number of aromatic nitrogens is 1. The molecule has 1 amide bonds. The Bertz CT molecular complexity index is 799. The lowest BCUT2D eigenvalue weighted by Gasteiger charge is -2.58. The van der Waals surface area contributed by atoms with Gasteiger partial charge in [0.05, 0.1) is 11.1 Å². The van der Waals surface area contributed by atoms with E-state index < -0.39 is 0 Å². The van der Waals surface area contributed by atoms with Crippen molar-refractivity contribution in [1.82, 2.24) is 14.8 Å². The van der Waals surface area contributed by atoms with Crippen molar-refractivity contribution in [2.75, 3.05) is 39.9 Å². The molecule has 138 valence electrons. The molecule has 0 radical (unpaired) electrons. The summed E-state index contributed by atoms with van der Waals surface area (Å²) in [6.07, 6.45) is 4.08. The molecular weight excluding hydrogens is 326 g/mol. The van der Waals surface area contributed by atoms with Crippen LogP contribution in [0.15, 0.2) is 36.5 Å². The standard InChI is InChI=1S/C21H27N3O2/c1-3-26-13-16-8-10-23(2)21(12-16)14-24(15-21)20(25)18-6-7-19-17(11-18)5-4-9-22-19/h4-7,9,11,16H,3,8,10,12-15H2,1-2H3. The third-order valence-corrected chi connectivity index (χ3v) is 6.02. The molecule has 0 aliphatic carbocycles. The van der Waals surface area contributed by atoms with Gasteiger partial charge in [-0.25, -0.2) is 0 Å². The van der Waals surface area contributed by atoms with E-state index in [1.165, 1.54) is 6.42 Å². The van der Waals surface area contributed by atoms with Gasteiger partial charge in [0, 0.05) is 43.4 Å². The van der Waals surface area contributed by atoms with Crippen molar-refractivity contribution in [2.24, 2.45) is 5.92 Å². The second kappa shape index (κ2) is 6.97. The minimum absolute atomic E-state index is 0.127. The second-order valence-corrected chi connectivity index (χ2v) is 7.74. The zero-order valence-corrected chi connectivity index (χ0v) is 15.6. The fourth-order valence-electron chi connectivity index (χ4n) is 4.40. The van der Waals surface area contributed by atoms with E-state index in [1.807, 2.05) is 42.2 Å². The molecule has 2 saturated heterocycles. The minimum Gasteiger partial charge on any atom is -0.381 e. The Morgan fingerprint density at radius 2 is 2.19 bits per heavy atom. The molecule has 1 aromatic carbocycles. The first kappa shape index (κ1) is 17.4. The molecule has 0 N–H and O–H groups in total. The van der Waals surface area contributed by atoms with Gasteiger partial charge in [-0.3, -0.25) is 14.7 Å². The molecule has 2 aliphatic rings. The van der Waals surface area contributed by atoms with Crippen LogP contribution in [0.5, 0.6) is 0 Å². The number of fused-ring (bicyclic) bond motifs is 1. The lowest BCUT2D eigenvalue weighted by Crippen LogP contribution is -2.72. The van der Waals surface area contributed by atoms with E-state index in [1.54, 1.807) is 6.20 Å². The molecule has 1 spiro atoms. The maximum absolute atomic E-state index is 12.9. The highest BCUT2D eigenvalue weighted by molar-refractivity contribution is 5.98. The summed E-state index contributed by atoms with van der Waals surface area (Å²) in [6.45, 7) is 6.39. The minimum atomic E-state index is 0.127. The van der Waals surface area contributed by atoms with E-state index in [0.717, 1.165) is 55.7 Å². The van der Waals surface area contributed by atoms with E-state index in [2.05, 4.69) is 16.9 Å². The van der Waals surface area contributed by atoms with E-state index in [9.17, 15) is 4.79 Å². The Morgan fingerprint density at radius 1 is 1.35 bits per heavy atom. The molecule has 2 aromatic rings. The highest BCUT2D eigenvalue weighted by atomic mass is 16.5. The van der Waals surface area contributed by atoms with Gasteiger partial charge in [0.2, 0.25) is 0 Å². The summed E-state index contributed by atoms with van der Waals surface area (Å²) < 4.78 is 5.65. The van der Waals surface area contributed by atoms with E-state index in [4.69, 9.17) is 4.74 Å². The average molecular weight is 353 g/mol. The van der Waals surface area contributed by atoms with E-state index in [0.29, 0.717) is 5.92 Å². The van der Waals surface area contributed by atoms with Gasteiger partial charge in [0.1, 0.15) is 0 Å². The molecule has 1 aromatic heterocycles. The van der Waals surface area contributed by atoms with Crippen LogP contribution in [0.25, 0.3) is 10.9 Å². The van der Waals surface area contributed by atoms with Crippen molar-refractivity contribution in [1.29, 1.82) is 0 Å². The number of carbonyl (C=O) groups excluding carboxylic acids is 1. The van der Waals surface area contributed by atoms with Gasteiger partial charge in [-0.15, -0.1) is 0 Å². The fraction of sp³-hybridized carbons (Fsp3) is 0.524. The topological polar surface area (TPSA) is 45.7 Å². The number of carbonyl (C=O) groups is 1. The van der Waals surface area contributed by atoms with Gasteiger partial charge in [-0.2, -0.15) is 0 Å². The number of pyridine rings is 1. The number of hydrogen-bond acceptors (Lipinski definition) is 4. The number of likely N-dealkylation sites (N-methyl/N-ethyl adjacent to an activating group) is 1. The molecule has 1 atom stereocenters. The first-order valence-electron chi connectivity index (χ1n) is 9.54. The van der Waals surface area contributed by atoms with Crippen LogP contribution >= 0.6 is 0 Å². The summed E-state index contributed by atoms with van der Waals surface area (Å²) in [5, 5.41) is 1.01. The number of likely N-dealkylation sites (tertiary alicyclic amines) is 2. The Hall–Kier alpha value is -1.98. The molecule has 4 rings (SSSR count). The van der Waals surface area contributed by atoms with Gasteiger partial charge in [0.15, 0.2) is 0 Å². The Kier molecular flexibility index (Phi) is 4.67. The summed E-state index contributed by atoms with van der Waals surface area (Å²) in [5.74, 6) is 0.733. The molecular formula is C21H27N3O2. The summed E-state index contributed by atoms with van der Waals surface area (Å²) in [4.78, 5) is 21.7. The van der Waals surface area contributed by atoms with Crippen molar-refractivity contribution in [3.63, 3.8) is 0 Å². The predicted octanol–water partition coefficient (Wildman–Crippen LogP) is 2.81. The van der Waals surface area contributed by atoms with Crippen LogP contribution in [-0.2, 0) is 4.74 Å². The van der Waals surface area contributed by atoms with Crippen LogP contribution in [0.4, 0.5) is 0 Å². The van der Waals surface area contributed by atoms with Gasteiger partial charge in [-0.05, 0) is 63.5 Å². The maximum Gasteiger partial charge on any atom is 0.254 e. The number of ether oxygens (including phenoxy) is 1. The lowest BCUT2D eigenvalue weighted by atomic mass is 9.75. The maximum atomic E-state index is 12.9. The van der Waals surface area contributed by atoms with Crippen LogP contribution in [0.2, 0.25) is 0 Å². The molecule has 0 saturated carbocycles. The molecule has 26 heavy (non-hydrogen) atoms. The molecule has 2 aliphatic heterocycles. The van der Waals surface area contributed by atoms with Crippen LogP contribution < -0.4 is 0 Å². The highest BCUT2D eigenvalue weighted by Crippen LogP contribution is 2.39. The average Bonchev–Trinajstić information content (AvgIpc) is 2.64. The number of benzene rings is 1. The lowest BCUT2D eigenvalue weighted by molar-refractivity contribution is -0.0751. The zero-order valence-electron chi connectivity index (χ0n) is 15.6. The largest absolute Gasteiger partial charge is 0.381 e. The first-order valence-corrected chi connectivity index (χ1v) is 9.54. The summed E-state index contributed by atoms with van der Waals surface area (Å²) in [5.41, 5.74) is 1.81. The summed E-state index contributed by atoms with van der Waals surface area (Å²) >= 11 is 0. The van der Waals surface area contributed by atoms with Crippen molar-refractivity contribution in [3.8, 4) is 0 Å². The third-order valence-electron chi connectivity index (χ3n) is 6.02. The number of piperidine rings is 1. The van der Waals surface area contributed by atoms with Crippen molar-refractivity contribution >= 4 is 16.8 Å². The van der Waals surface area contributed by atoms with Crippen LogP contribution in [-0.4, -0.2) is 66.1 Å². The van der Waals surface area contributed by atoms with Crippen LogP contribution in [0.1, 0.15) is 30.1 Å². The second-order valence-electron chi connectivity index (χ2n) is 7.74. The quantitative estimate of drug-likeness (QED) is 0.848. The number of hydrogen-bond donors (Lipinski definition) is 0. The zero-order chi connectivity index (χ0) is 18.1. The smallest absolute Gasteiger partial charge is 0.254 e. The summed E-state index contributed by atoms with van der Waals surface area (Å²) in [6, 6.07) is 9.70. The highest BCUT2D eigenvalue weighted by Gasteiger charge is 2.50. The van der Waals surface area contributed by atoms with E-state index in [-0.39, 0.29) is 11.4 Å². The SMILES string of the molecule is CCOCC1CCN(C)C2(C1)CN(C(=O)c1ccc3ncccc3c1)C2. The van der Waals surface area contributed by atoms with Crippen molar-refractivity contribution in [2.45, 2.75) is 25.3 Å². The molecule has 5 nitrogen and oxygen atoms in total. The third kappa shape index (κ3) is 3.10. The van der Waals surface area contributed by atoms with Gasteiger partial charge in [-0.1, -0.05) is 6.07 Å². The van der Waals surface area contributed by atoms with Gasteiger partial charge < -0.3 is 9.64 Å². The predicted molar refractivity (Wildman–Crippen MR) is 102 cm³/mol. The van der Waals surface area contributed by atoms with Crippen LogP contribution in [0, 0.1) is 5.92 Å². The van der Waals surface area contributed by atoms with Gasteiger partial charge >= 0.3 is 0 Å². The van der Waals surface area contributed by atoms with E-state index >= 15 is 0 Å². The molecule has 3 heterocycles. The molecule has 1 unspecified atom stereocenters. The summed E-state index contributed by atoms with van der Waals surface area (Å²) in [7, 11) is 2.19. The normalized spacial score (nSPS) is 22.5. The molecule has 2 fully saturated rings. The first-order chi connectivity index (χ1) is 12.6. The Labute approximate surface area is 154 Å². The molecule has 0 bridgehead atoms.